The van der Waals surface area contributed by atoms with E-state index in [0.29, 0.717) is 34.7 Å². The summed E-state index contributed by atoms with van der Waals surface area (Å²) in [5, 5.41) is 0. The highest BCUT2D eigenvalue weighted by Gasteiger charge is 2.36. The molecule has 28 heavy (non-hydrogen) atoms. The van der Waals surface area contributed by atoms with Gasteiger partial charge in [-0.15, -0.1) is 11.8 Å². The normalized spacial score (nSPS) is 18.4. The van der Waals surface area contributed by atoms with E-state index in [9.17, 15) is 14.4 Å². The number of hydrogen-bond acceptors (Lipinski definition) is 6. The lowest BCUT2D eigenvalue weighted by Crippen LogP contribution is -2.28. The van der Waals surface area contributed by atoms with Crippen LogP contribution in [0.4, 0.5) is 5.69 Å². The van der Waals surface area contributed by atoms with E-state index in [0.717, 1.165) is 0 Å². The molecule has 1 atom stereocenters. The van der Waals surface area contributed by atoms with Crippen LogP contribution in [0, 0.1) is 0 Å². The van der Waals surface area contributed by atoms with Crippen LogP contribution in [0.1, 0.15) is 27.6 Å². The highest BCUT2D eigenvalue weighted by Crippen LogP contribution is 2.37. The number of para-hydroxylation sites is 1. The summed E-state index contributed by atoms with van der Waals surface area (Å²) in [6.45, 7) is 2.03. The van der Waals surface area contributed by atoms with Gasteiger partial charge in [-0.05, 0) is 43.3 Å². The largest absolute Gasteiger partial charge is 0.474 e. The first-order valence-corrected chi connectivity index (χ1v) is 9.86. The second-order valence-corrected chi connectivity index (χ2v) is 7.25. The summed E-state index contributed by atoms with van der Waals surface area (Å²) in [7, 11) is 0. The van der Waals surface area contributed by atoms with Gasteiger partial charge in [0.2, 0.25) is 5.91 Å². The van der Waals surface area contributed by atoms with E-state index in [4.69, 9.17) is 9.47 Å². The molecule has 0 radical (unpaired) electrons. The molecule has 2 aliphatic heterocycles. The Labute approximate surface area is 166 Å². The molecule has 0 fully saturated rings. The van der Waals surface area contributed by atoms with Crippen LogP contribution in [0.15, 0.2) is 60.3 Å². The third-order valence-electron chi connectivity index (χ3n) is 4.43. The van der Waals surface area contributed by atoms with Gasteiger partial charge in [-0.25, -0.2) is 4.79 Å². The molecular weight excluding hydrogens is 378 g/mol. The molecule has 6 nitrogen and oxygen atoms in total. The Kier molecular flexibility index (Phi) is 4.92. The molecule has 1 amide bonds. The molecule has 0 aromatic heterocycles. The number of nitrogens with zero attached hydrogens (tertiary/aromatic N) is 1. The Morgan fingerprint density at radius 2 is 1.93 bits per heavy atom. The molecule has 0 aliphatic carbocycles. The molecule has 2 aliphatic rings. The number of hydrogen-bond donors (Lipinski definition) is 0. The first-order valence-electron chi connectivity index (χ1n) is 8.81. The third kappa shape index (κ3) is 3.29. The van der Waals surface area contributed by atoms with Gasteiger partial charge >= 0.3 is 5.97 Å². The Bertz CT molecular complexity index is 983. The van der Waals surface area contributed by atoms with Crippen LogP contribution >= 0.6 is 11.8 Å². The fourth-order valence-corrected chi connectivity index (χ4v) is 4.01. The van der Waals surface area contributed by atoms with E-state index in [1.165, 1.54) is 16.7 Å². The maximum absolute atomic E-state index is 12.9. The zero-order chi connectivity index (χ0) is 19.7. The smallest absolute Gasteiger partial charge is 0.338 e. The molecule has 0 saturated carbocycles. The average Bonchev–Trinajstić information content (AvgIpc) is 2.88. The molecule has 4 rings (SSSR count). The predicted molar refractivity (Wildman–Crippen MR) is 106 cm³/mol. The molecule has 2 aromatic rings. The van der Waals surface area contributed by atoms with Gasteiger partial charge in [-0.1, -0.05) is 12.1 Å². The fourth-order valence-electron chi connectivity index (χ4n) is 3.06. The van der Waals surface area contributed by atoms with Gasteiger partial charge in [-0.2, -0.15) is 0 Å². The van der Waals surface area contributed by atoms with E-state index >= 15 is 0 Å². The number of ketones is 1. The summed E-state index contributed by atoms with van der Waals surface area (Å²) < 4.78 is 10.9. The number of Topliss-reactive ketones (excluding diaryl/α,β-unsaturated/α-hetero) is 1. The van der Waals surface area contributed by atoms with Crippen molar-refractivity contribution >= 4 is 35.1 Å². The van der Waals surface area contributed by atoms with Gasteiger partial charge in [-0.3, -0.25) is 14.5 Å². The lowest BCUT2D eigenvalue weighted by Gasteiger charge is -2.26. The van der Waals surface area contributed by atoms with Gasteiger partial charge in [0, 0.05) is 11.9 Å². The second kappa shape index (κ2) is 7.52. The fraction of sp³-hybridized carbons (Fsp3) is 0.190. The molecular formula is C21H17NO5S. The molecule has 2 heterocycles. The molecule has 7 heteroatoms. The number of thioether (sulfide) groups is 1. The first-order chi connectivity index (χ1) is 13.6. The van der Waals surface area contributed by atoms with Crippen molar-refractivity contribution in [2.45, 2.75) is 12.4 Å². The van der Waals surface area contributed by atoms with Crippen LogP contribution in [-0.4, -0.2) is 35.5 Å². The van der Waals surface area contributed by atoms with Crippen LogP contribution in [-0.2, 0) is 9.53 Å². The topological polar surface area (TPSA) is 72.9 Å². The molecule has 0 N–H and O–H groups in total. The van der Waals surface area contributed by atoms with Crippen molar-refractivity contribution in [2.24, 2.45) is 0 Å². The molecule has 0 saturated heterocycles. The van der Waals surface area contributed by atoms with Gasteiger partial charge in [0.05, 0.1) is 29.1 Å². The lowest BCUT2D eigenvalue weighted by atomic mass is 10.0. The van der Waals surface area contributed by atoms with Crippen molar-refractivity contribution in [3.63, 3.8) is 0 Å². The number of rotatable bonds is 3. The maximum Gasteiger partial charge on any atom is 0.338 e. The lowest BCUT2D eigenvalue weighted by molar-refractivity contribution is -0.115. The zero-order valence-electron chi connectivity index (χ0n) is 15.1. The van der Waals surface area contributed by atoms with Crippen LogP contribution in [0.2, 0.25) is 0 Å². The molecule has 0 unspecified atom stereocenters. The Morgan fingerprint density at radius 1 is 1.18 bits per heavy atom. The van der Waals surface area contributed by atoms with Crippen LogP contribution in [0.5, 0.6) is 5.75 Å². The van der Waals surface area contributed by atoms with E-state index < -0.39 is 11.4 Å². The highest BCUT2D eigenvalue weighted by molar-refractivity contribution is 8.00. The van der Waals surface area contributed by atoms with E-state index in [-0.39, 0.29) is 17.4 Å². The summed E-state index contributed by atoms with van der Waals surface area (Å²) in [5.74, 6) is -0.0438. The summed E-state index contributed by atoms with van der Waals surface area (Å²) in [5.41, 5.74) is 1.34. The SMILES string of the molecule is CCOC(=O)c1ccc(N2C=C3C(=O)c4ccccc4O[C@H]3SCC2=O)cc1. The van der Waals surface area contributed by atoms with Gasteiger partial charge in [0.25, 0.3) is 0 Å². The first kappa shape index (κ1) is 18.3. The van der Waals surface area contributed by atoms with Gasteiger partial charge < -0.3 is 9.47 Å². The minimum atomic E-state index is -0.532. The minimum absolute atomic E-state index is 0.151. The van der Waals surface area contributed by atoms with Crippen molar-refractivity contribution < 1.29 is 23.9 Å². The Hall–Kier alpha value is -3.06. The number of ether oxygens (including phenoxy) is 2. The summed E-state index contributed by atoms with van der Waals surface area (Å²) in [6.07, 6.45) is 1.55. The van der Waals surface area contributed by atoms with Crippen LogP contribution in [0.3, 0.4) is 0 Å². The number of carbonyl (C=O) groups is 3. The van der Waals surface area contributed by atoms with Crippen molar-refractivity contribution in [3.8, 4) is 5.75 Å². The maximum atomic E-state index is 12.9. The number of amides is 1. The standard InChI is InChI=1S/C21H17NO5S/c1-2-26-20(25)13-7-9-14(10-8-13)22-11-16-19(24)15-5-3-4-6-17(15)27-21(16)28-12-18(22)23/h3-11,21H,2,12H2,1H3/t21-/m0/s1. The van der Waals surface area contributed by atoms with E-state index in [1.807, 2.05) is 6.07 Å². The van der Waals surface area contributed by atoms with Crippen molar-refractivity contribution in [1.82, 2.24) is 0 Å². The number of benzene rings is 2. The number of fused-ring (bicyclic) bond motifs is 2. The predicted octanol–water partition coefficient (Wildman–Crippen LogP) is 3.43. The van der Waals surface area contributed by atoms with E-state index in [2.05, 4.69) is 0 Å². The summed E-state index contributed by atoms with van der Waals surface area (Å²) >= 11 is 1.28. The molecule has 2 aromatic carbocycles. The molecule has 0 bridgehead atoms. The Morgan fingerprint density at radius 3 is 2.68 bits per heavy atom. The summed E-state index contributed by atoms with van der Waals surface area (Å²) in [6, 6.07) is 13.6. The van der Waals surface area contributed by atoms with Gasteiger partial charge in [0.1, 0.15) is 5.75 Å². The van der Waals surface area contributed by atoms with Crippen molar-refractivity contribution in [2.75, 3.05) is 17.3 Å². The van der Waals surface area contributed by atoms with Crippen LogP contribution < -0.4 is 9.64 Å². The number of anilines is 1. The monoisotopic (exact) mass is 395 g/mol. The molecule has 0 spiro atoms. The minimum Gasteiger partial charge on any atom is -0.474 e. The quantitative estimate of drug-likeness (QED) is 0.742. The third-order valence-corrected chi connectivity index (χ3v) is 5.50. The van der Waals surface area contributed by atoms with Crippen LogP contribution in [0.25, 0.3) is 0 Å². The molecule has 142 valence electrons. The van der Waals surface area contributed by atoms with Crippen molar-refractivity contribution in [3.05, 3.63) is 71.4 Å². The summed E-state index contributed by atoms with van der Waals surface area (Å²) in [4.78, 5) is 38.9. The van der Waals surface area contributed by atoms with E-state index in [1.54, 1.807) is 55.6 Å². The number of carbonyl (C=O) groups excluding carboxylic acids is 3. The van der Waals surface area contributed by atoms with Crippen molar-refractivity contribution in [1.29, 1.82) is 0 Å². The average molecular weight is 395 g/mol. The Balaban J connectivity index is 1.68. The zero-order valence-corrected chi connectivity index (χ0v) is 15.9. The highest BCUT2D eigenvalue weighted by atomic mass is 32.2. The number of esters is 1. The van der Waals surface area contributed by atoms with Gasteiger partial charge in [0.15, 0.2) is 11.2 Å². The second-order valence-electron chi connectivity index (χ2n) is 6.20.